The Kier molecular flexibility index (Phi) is 16.4. The van der Waals surface area contributed by atoms with Crippen molar-refractivity contribution in [3.8, 4) is 0 Å². The largest absolute Gasteiger partial charge is 0.398 e. The van der Waals surface area contributed by atoms with Gasteiger partial charge in [-0.05, 0) is 90.5 Å². The smallest absolute Gasteiger partial charge is 0.301 e. The normalized spacial score (nSPS) is 19.2. The van der Waals surface area contributed by atoms with Crippen LogP contribution >= 0.6 is 10.7 Å². The van der Waals surface area contributed by atoms with Crippen molar-refractivity contribution in [2.24, 2.45) is 0 Å². The Labute approximate surface area is 427 Å². The average molecular weight is 1070 g/mol. The van der Waals surface area contributed by atoms with Crippen LogP contribution in [0.2, 0.25) is 0 Å². The van der Waals surface area contributed by atoms with Crippen molar-refractivity contribution in [3.05, 3.63) is 126 Å². The van der Waals surface area contributed by atoms with Gasteiger partial charge in [0.15, 0.2) is 11.3 Å². The van der Waals surface area contributed by atoms with Crippen LogP contribution in [0, 0.1) is 27.7 Å². The van der Waals surface area contributed by atoms with E-state index in [0.717, 1.165) is 49.2 Å². The van der Waals surface area contributed by atoms with Crippen molar-refractivity contribution >= 4 is 64.6 Å². The van der Waals surface area contributed by atoms with Crippen molar-refractivity contribution in [2.45, 2.75) is 78.3 Å². The first kappa shape index (κ1) is 53.2. The number of benzene rings is 2. The number of nitrogens with zero attached hydrogens (tertiary/aromatic N) is 8. The zero-order valence-corrected chi connectivity index (χ0v) is 43.6. The van der Waals surface area contributed by atoms with Crippen molar-refractivity contribution in [3.63, 3.8) is 0 Å². The van der Waals surface area contributed by atoms with Gasteiger partial charge in [0, 0.05) is 90.3 Å². The van der Waals surface area contributed by atoms with E-state index in [1.807, 2.05) is 36.1 Å². The van der Waals surface area contributed by atoms with Gasteiger partial charge < -0.3 is 25.0 Å². The molecule has 0 unspecified atom stereocenters. The molecule has 4 fully saturated rings. The highest BCUT2D eigenvalue weighted by molar-refractivity contribution is 8.11. The van der Waals surface area contributed by atoms with Gasteiger partial charge >= 0.3 is 10.2 Å². The van der Waals surface area contributed by atoms with Gasteiger partial charge in [-0.25, -0.2) is 19.0 Å². The number of ether oxygens (including phenoxy) is 2. The summed E-state index contributed by atoms with van der Waals surface area (Å²) in [6.07, 6.45) is 5.28. The predicted molar refractivity (Wildman–Crippen MR) is 275 cm³/mol. The Morgan fingerprint density at radius 1 is 0.644 bits per heavy atom. The van der Waals surface area contributed by atoms with Crippen molar-refractivity contribution in [2.75, 3.05) is 76.2 Å². The highest BCUT2D eigenvalue weighted by Crippen LogP contribution is 2.35. The van der Waals surface area contributed by atoms with Crippen molar-refractivity contribution in [1.29, 1.82) is 0 Å². The first-order valence-corrected chi connectivity index (χ1v) is 27.9. The SMILES string of the molecule is Cc1nc2cc([C@@H]3CCCCN3C(=O)c3ccccc3N)[nH]n2c(=O)c1C.Cc1nc2cc([C@@H]3CCCCN3C(=O)c3ccccc3NS(=O)(=O)N3CCOCC3)[nH]n2c(=O)c1C.O=S(=O)(Cl)N1CCOCC1. The van der Waals surface area contributed by atoms with Gasteiger partial charge in [0.25, 0.3) is 32.2 Å². The third-order valence-corrected chi connectivity index (χ3v) is 16.7. The minimum atomic E-state index is -3.84. The number of carbonyl (C=O) groups is 2. The van der Waals surface area contributed by atoms with Crippen molar-refractivity contribution < 1.29 is 35.9 Å². The fourth-order valence-corrected chi connectivity index (χ4v) is 11.5. The molecule has 4 aliphatic rings. The molecular formula is C48H61ClN12O10S2. The summed E-state index contributed by atoms with van der Waals surface area (Å²) in [5, 5.41) is 6.32. The number of anilines is 2. The van der Waals surface area contributed by atoms with Crippen LogP contribution in [0.5, 0.6) is 0 Å². The second-order valence-electron chi connectivity index (χ2n) is 18.3. The Hall–Kier alpha value is -6.15. The molecule has 6 aromatic rings. The third-order valence-electron chi connectivity index (χ3n) is 13.6. The summed E-state index contributed by atoms with van der Waals surface area (Å²) in [5.41, 5.74) is 12.5. The number of nitrogens with one attached hydrogen (secondary N) is 3. The number of nitrogen functional groups attached to an aromatic ring is 1. The number of piperidine rings is 2. The lowest BCUT2D eigenvalue weighted by Crippen LogP contribution is -2.44. The zero-order valence-electron chi connectivity index (χ0n) is 41.2. The number of para-hydroxylation sites is 2. The predicted octanol–water partition coefficient (Wildman–Crippen LogP) is 4.39. The topological polar surface area (TPSA) is 272 Å². The number of likely N-dealkylation sites (tertiary alicyclic amines) is 2. The van der Waals surface area contributed by atoms with E-state index in [1.54, 1.807) is 62.1 Å². The van der Waals surface area contributed by atoms with Crippen LogP contribution in [-0.4, -0.2) is 142 Å². The molecule has 8 heterocycles. The molecule has 0 bridgehead atoms. The van der Waals surface area contributed by atoms with E-state index in [0.29, 0.717) is 98.4 Å². The van der Waals surface area contributed by atoms with Gasteiger partial charge in [-0.3, -0.25) is 34.1 Å². The molecule has 4 aliphatic heterocycles. The lowest BCUT2D eigenvalue weighted by Gasteiger charge is -2.35. The van der Waals surface area contributed by atoms with E-state index in [2.05, 4.69) is 24.9 Å². The molecule has 73 heavy (non-hydrogen) atoms. The number of hydrogen-bond acceptors (Lipinski definition) is 13. The minimum Gasteiger partial charge on any atom is -0.398 e. The number of aromatic nitrogens is 6. The van der Waals surface area contributed by atoms with Crippen LogP contribution in [0.15, 0.2) is 70.3 Å². The van der Waals surface area contributed by atoms with Gasteiger partial charge in [0.05, 0.1) is 66.7 Å². The number of aryl methyl sites for hydroxylation is 2. The molecule has 22 nitrogen and oxygen atoms in total. The molecule has 0 radical (unpaired) electrons. The molecule has 2 atom stereocenters. The molecule has 25 heteroatoms. The van der Waals surface area contributed by atoms with Gasteiger partial charge in [-0.1, -0.05) is 24.3 Å². The minimum absolute atomic E-state index is 0.0795. The Morgan fingerprint density at radius 2 is 1.08 bits per heavy atom. The Balaban J connectivity index is 0.000000168. The fourth-order valence-electron chi connectivity index (χ4n) is 9.33. The molecule has 10 rings (SSSR count). The number of hydrogen-bond donors (Lipinski definition) is 4. The lowest BCUT2D eigenvalue weighted by molar-refractivity contribution is 0.0599. The lowest BCUT2D eigenvalue weighted by atomic mass is 9.98. The van der Waals surface area contributed by atoms with Gasteiger partial charge in [-0.15, -0.1) is 0 Å². The number of fused-ring (bicyclic) bond motifs is 2. The summed E-state index contributed by atoms with van der Waals surface area (Å²) < 4.78 is 65.4. The number of amides is 2. The molecule has 4 aromatic heterocycles. The number of carbonyl (C=O) groups excluding carboxylic acids is 2. The van der Waals surface area contributed by atoms with E-state index in [4.69, 9.17) is 25.9 Å². The standard InChI is InChI=1S/C24H30N6O5S.C20H23N5O2.C4H8ClNO3S/c1-16-17(2)25-22-15-20(26-30(22)23(16)31)21-9-5-6-10-29(21)24(32)18-7-3-4-8-19(18)27-36(33,34)28-11-13-35-14-12-28;1-12-13(2)22-18-11-16(23-25(18)19(12)26)17-9-5-6-10-24(17)20(27)14-7-3-4-8-15(14)21;5-10(7,8)6-1-3-9-4-2-6/h3-4,7-8,15,21,26-27H,5-6,9-14H2,1-2H3;3-4,7-8,11,17,23H,5-6,9-10,21H2,1-2H3;1-4H2/t21-;17-;/m00./s1. The fraction of sp³-hybridized carbons (Fsp3) is 0.458. The molecule has 5 N–H and O–H groups in total. The summed E-state index contributed by atoms with van der Waals surface area (Å²) in [6.45, 7) is 11.1. The van der Waals surface area contributed by atoms with Crippen LogP contribution in [0.1, 0.15) is 105 Å². The van der Waals surface area contributed by atoms with E-state index in [9.17, 15) is 36.0 Å². The molecule has 392 valence electrons. The number of halogens is 1. The second-order valence-corrected chi connectivity index (χ2v) is 22.5. The second kappa shape index (κ2) is 22.5. The number of aromatic amines is 2. The molecule has 2 aromatic carbocycles. The average Bonchev–Trinajstić information content (AvgIpc) is 4.03. The summed E-state index contributed by atoms with van der Waals surface area (Å²) in [7, 11) is -2.28. The van der Waals surface area contributed by atoms with Crippen molar-refractivity contribution in [1.82, 2.24) is 47.6 Å². The summed E-state index contributed by atoms with van der Waals surface area (Å²) in [5.74, 6) is -0.351. The third kappa shape index (κ3) is 11.8. The Bertz CT molecular complexity index is 3350. The number of H-pyrrole nitrogens is 2. The Morgan fingerprint density at radius 3 is 1.55 bits per heavy atom. The van der Waals surface area contributed by atoms with E-state index >= 15 is 0 Å². The maximum absolute atomic E-state index is 13.8. The molecule has 0 spiro atoms. The molecule has 4 saturated heterocycles. The van der Waals surface area contributed by atoms with Gasteiger partial charge in [-0.2, -0.15) is 25.4 Å². The van der Waals surface area contributed by atoms with E-state index in [-0.39, 0.29) is 59.4 Å². The highest BCUT2D eigenvalue weighted by atomic mass is 35.7. The summed E-state index contributed by atoms with van der Waals surface area (Å²) in [4.78, 5) is 64.8. The summed E-state index contributed by atoms with van der Waals surface area (Å²) >= 11 is 0. The van der Waals surface area contributed by atoms with Crippen LogP contribution in [0.3, 0.4) is 0 Å². The number of rotatable bonds is 8. The van der Waals surface area contributed by atoms with E-state index < -0.39 is 19.4 Å². The zero-order chi connectivity index (χ0) is 52.2. The van der Waals surface area contributed by atoms with Crippen LogP contribution in [-0.2, 0) is 28.9 Å². The van der Waals surface area contributed by atoms with Gasteiger partial charge in [0.1, 0.15) is 0 Å². The number of nitrogens with two attached hydrogens (primary N) is 1. The van der Waals surface area contributed by atoms with Crippen LogP contribution in [0.25, 0.3) is 11.3 Å². The van der Waals surface area contributed by atoms with Gasteiger partial charge in [0.2, 0.25) is 0 Å². The monoisotopic (exact) mass is 1060 g/mol. The van der Waals surface area contributed by atoms with E-state index in [1.165, 1.54) is 17.6 Å². The maximum Gasteiger partial charge on any atom is 0.301 e. The molecular weight excluding hydrogens is 1000 g/mol. The van der Waals surface area contributed by atoms with Crippen LogP contribution < -0.4 is 21.6 Å². The van der Waals surface area contributed by atoms with Crippen LogP contribution in [0.4, 0.5) is 11.4 Å². The number of morpholine rings is 2. The quantitative estimate of drug-likeness (QED) is 0.122. The molecule has 0 saturated carbocycles. The maximum atomic E-state index is 13.8. The highest BCUT2D eigenvalue weighted by Gasteiger charge is 2.34. The first-order valence-electron chi connectivity index (χ1n) is 24.2. The summed E-state index contributed by atoms with van der Waals surface area (Å²) in [6, 6.07) is 17.0. The molecule has 2 amide bonds. The molecule has 0 aliphatic carbocycles. The first-order chi connectivity index (χ1) is 34.8.